The maximum atomic E-state index is 13.6. The first-order valence-electron chi connectivity index (χ1n) is 14.4. The predicted molar refractivity (Wildman–Crippen MR) is 166 cm³/mol. The first kappa shape index (κ1) is 26.9. The number of nitrogens with zero attached hydrogens (tertiary/aromatic N) is 8. The number of rotatable bonds is 4. The summed E-state index contributed by atoms with van der Waals surface area (Å²) in [6, 6.07) is 9.65. The van der Waals surface area contributed by atoms with Crippen LogP contribution in [-0.2, 0) is 6.54 Å². The van der Waals surface area contributed by atoms with Gasteiger partial charge in [0.1, 0.15) is 24.3 Å². The Labute approximate surface area is 249 Å². The van der Waals surface area contributed by atoms with E-state index in [0.29, 0.717) is 47.4 Å². The van der Waals surface area contributed by atoms with Gasteiger partial charge in [0, 0.05) is 56.7 Å². The molecule has 1 fully saturated rings. The number of methoxy groups -OCH3 is 1. The Morgan fingerprint density at radius 2 is 1.93 bits per heavy atom. The van der Waals surface area contributed by atoms with Crippen LogP contribution in [0.5, 0.6) is 11.5 Å². The highest BCUT2D eigenvalue weighted by Gasteiger charge is 2.26. The molecule has 0 radical (unpaired) electrons. The zero-order valence-corrected chi connectivity index (χ0v) is 24.3. The Balaban J connectivity index is 1.31. The van der Waals surface area contributed by atoms with Crippen molar-refractivity contribution < 1.29 is 9.47 Å². The third-order valence-corrected chi connectivity index (χ3v) is 8.07. The van der Waals surface area contributed by atoms with Crippen LogP contribution in [-0.4, -0.2) is 82.7 Å². The minimum Gasteiger partial charge on any atom is -0.495 e. The van der Waals surface area contributed by atoms with Crippen molar-refractivity contribution in [3.05, 3.63) is 59.2 Å². The molecule has 0 spiro atoms. The van der Waals surface area contributed by atoms with Crippen molar-refractivity contribution in [1.29, 1.82) is 0 Å². The molecule has 220 valence electrons. The Kier molecular flexibility index (Phi) is 6.87. The van der Waals surface area contributed by atoms with Crippen LogP contribution in [0.1, 0.15) is 12.8 Å². The lowest BCUT2D eigenvalue weighted by Gasteiger charge is -2.34. The zero-order valence-electron chi connectivity index (χ0n) is 24.3. The highest BCUT2D eigenvalue weighted by molar-refractivity contribution is 5.78. The van der Waals surface area contributed by atoms with Crippen LogP contribution in [0.3, 0.4) is 0 Å². The molecule has 0 saturated carbocycles. The van der Waals surface area contributed by atoms with E-state index in [1.165, 1.54) is 0 Å². The van der Waals surface area contributed by atoms with Crippen molar-refractivity contribution in [1.82, 2.24) is 29.2 Å². The summed E-state index contributed by atoms with van der Waals surface area (Å²) < 4.78 is 14.9. The quantitative estimate of drug-likeness (QED) is 0.363. The molecule has 1 aromatic carbocycles. The molecule has 12 heteroatoms. The number of ether oxygens (including phenoxy) is 2. The Bertz CT molecular complexity index is 1840. The van der Waals surface area contributed by atoms with Crippen LogP contribution in [0.4, 0.5) is 23.1 Å². The van der Waals surface area contributed by atoms with Gasteiger partial charge in [0.15, 0.2) is 23.0 Å². The second kappa shape index (κ2) is 11.0. The van der Waals surface area contributed by atoms with E-state index in [4.69, 9.17) is 19.4 Å². The van der Waals surface area contributed by atoms with Crippen molar-refractivity contribution in [2.24, 2.45) is 0 Å². The van der Waals surface area contributed by atoms with Crippen molar-refractivity contribution >= 4 is 34.2 Å². The molecule has 3 aliphatic heterocycles. The normalized spacial score (nSPS) is 16.8. The summed E-state index contributed by atoms with van der Waals surface area (Å²) in [5.41, 5.74) is 2.86. The molecular weight excluding hydrogens is 546 g/mol. The van der Waals surface area contributed by atoms with Gasteiger partial charge in [-0.3, -0.25) is 4.79 Å². The first-order valence-corrected chi connectivity index (χ1v) is 14.4. The monoisotopic (exact) mass is 579 g/mol. The number of nitrogens with one attached hydrogen (secondary N) is 1. The maximum absolute atomic E-state index is 13.6. The summed E-state index contributed by atoms with van der Waals surface area (Å²) in [4.78, 5) is 34.6. The molecule has 6 heterocycles. The molecule has 0 unspecified atom stereocenters. The topological polar surface area (TPSA) is 106 Å². The average molecular weight is 580 g/mol. The fourth-order valence-electron chi connectivity index (χ4n) is 5.70. The molecule has 3 aliphatic rings. The Hall–Kier alpha value is -5.02. The molecule has 3 aromatic heterocycles. The number of likely N-dealkylation sites (N-methyl/N-ethyl adjacent to an activating group) is 1. The van der Waals surface area contributed by atoms with Gasteiger partial charge in [0.2, 0.25) is 5.95 Å². The van der Waals surface area contributed by atoms with E-state index in [9.17, 15) is 4.79 Å². The molecular formula is C31H33N9O3. The SMILES string of the molecule is C=C1COc2ccc3nc2N1CCCC#CCn1c(=O)c2cnc(Nc4ccc(OC)c(N5CCN(C)CC5)c4)nc2n1-3. The summed E-state index contributed by atoms with van der Waals surface area (Å²) in [6.45, 7) is 9.30. The minimum atomic E-state index is -0.230. The molecule has 43 heavy (non-hydrogen) atoms. The number of piperazine rings is 1. The van der Waals surface area contributed by atoms with Gasteiger partial charge in [-0.05, 0) is 43.8 Å². The second-order valence-corrected chi connectivity index (χ2v) is 10.9. The number of hydrogen-bond donors (Lipinski definition) is 1. The van der Waals surface area contributed by atoms with Crippen LogP contribution in [0.25, 0.3) is 16.9 Å². The third-order valence-electron chi connectivity index (χ3n) is 8.07. The minimum absolute atomic E-state index is 0.205. The van der Waals surface area contributed by atoms with E-state index in [1.807, 2.05) is 24.3 Å². The molecule has 1 N–H and O–H groups in total. The van der Waals surface area contributed by atoms with Crippen molar-refractivity contribution in [3.63, 3.8) is 0 Å². The summed E-state index contributed by atoms with van der Waals surface area (Å²) in [6.07, 6.45) is 3.10. The van der Waals surface area contributed by atoms with E-state index < -0.39 is 0 Å². The molecule has 0 aliphatic carbocycles. The predicted octanol–water partition coefficient (Wildman–Crippen LogP) is 2.99. The Morgan fingerprint density at radius 1 is 1.07 bits per heavy atom. The molecule has 7 rings (SSSR count). The fourth-order valence-corrected chi connectivity index (χ4v) is 5.70. The van der Waals surface area contributed by atoms with Gasteiger partial charge >= 0.3 is 0 Å². The van der Waals surface area contributed by atoms with Crippen molar-refractivity contribution in [3.8, 4) is 29.2 Å². The number of benzene rings is 1. The number of anilines is 4. The van der Waals surface area contributed by atoms with E-state index in [-0.39, 0.29) is 12.1 Å². The van der Waals surface area contributed by atoms with Crippen LogP contribution in [0.2, 0.25) is 0 Å². The average Bonchev–Trinajstić information content (AvgIpc) is 3.29. The molecule has 12 nitrogen and oxygen atoms in total. The summed E-state index contributed by atoms with van der Waals surface area (Å²) in [5, 5.41) is 3.72. The molecule has 2 bridgehead atoms. The van der Waals surface area contributed by atoms with Crippen LogP contribution in [0, 0.1) is 11.8 Å². The number of pyridine rings is 1. The second-order valence-electron chi connectivity index (χ2n) is 10.9. The van der Waals surface area contributed by atoms with E-state index in [0.717, 1.165) is 62.0 Å². The number of aromatic nitrogens is 5. The van der Waals surface area contributed by atoms with Gasteiger partial charge in [0.25, 0.3) is 5.56 Å². The van der Waals surface area contributed by atoms with E-state index >= 15 is 0 Å². The zero-order chi connectivity index (χ0) is 29.5. The molecule has 0 amide bonds. The first-order chi connectivity index (χ1) is 21.0. The molecule has 0 atom stereocenters. The van der Waals surface area contributed by atoms with E-state index in [2.05, 4.69) is 56.5 Å². The van der Waals surface area contributed by atoms with Crippen LogP contribution < -0.4 is 30.1 Å². The lowest BCUT2D eigenvalue weighted by molar-refractivity contribution is 0.311. The van der Waals surface area contributed by atoms with E-state index in [1.54, 1.807) is 22.7 Å². The number of fused-ring (bicyclic) bond motifs is 5. The van der Waals surface area contributed by atoms with Gasteiger partial charge in [-0.1, -0.05) is 12.5 Å². The number of hydrogen-bond acceptors (Lipinski definition) is 10. The standard InChI is InChI=1S/C31H33N9O3/c1-21-20-43-26-10-11-27-34-29(26)38(21)12-6-4-5-7-13-39-30(41)23-19-32-31(35-28(23)40(27)39)33-22-8-9-25(42-3)24(18-22)37-16-14-36(2)15-17-37/h8-11,18-19H,1,4,6,12-17,20H2,2-3H3,(H,32,33,35). The summed E-state index contributed by atoms with van der Waals surface area (Å²) in [7, 11) is 3.82. The highest BCUT2D eigenvalue weighted by atomic mass is 16.5. The largest absolute Gasteiger partial charge is 0.495 e. The highest BCUT2D eigenvalue weighted by Crippen LogP contribution is 2.35. The lowest BCUT2D eigenvalue weighted by Crippen LogP contribution is -2.44. The third kappa shape index (κ3) is 4.91. The lowest BCUT2D eigenvalue weighted by atomic mass is 10.2. The Morgan fingerprint density at radius 3 is 2.77 bits per heavy atom. The van der Waals surface area contributed by atoms with Crippen molar-refractivity contribution in [2.75, 3.05) is 68.6 Å². The van der Waals surface area contributed by atoms with Crippen LogP contribution in [0.15, 0.2) is 53.6 Å². The fraction of sp³-hybridized carbons (Fsp3) is 0.355. The molecule has 4 aromatic rings. The summed E-state index contributed by atoms with van der Waals surface area (Å²) in [5.74, 6) is 9.42. The maximum Gasteiger partial charge on any atom is 0.279 e. The van der Waals surface area contributed by atoms with Crippen LogP contribution >= 0.6 is 0 Å². The van der Waals surface area contributed by atoms with Gasteiger partial charge < -0.3 is 29.5 Å². The van der Waals surface area contributed by atoms with Gasteiger partial charge in [0.05, 0.1) is 12.8 Å². The molecule has 1 saturated heterocycles. The summed E-state index contributed by atoms with van der Waals surface area (Å²) >= 11 is 0. The van der Waals surface area contributed by atoms with Gasteiger partial charge in [-0.15, -0.1) is 5.92 Å². The van der Waals surface area contributed by atoms with Gasteiger partial charge in [-0.2, -0.15) is 4.98 Å². The van der Waals surface area contributed by atoms with Gasteiger partial charge in [-0.25, -0.2) is 19.3 Å². The smallest absolute Gasteiger partial charge is 0.279 e. The van der Waals surface area contributed by atoms with Crippen molar-refractivity contribution in [2.45, 2.75) is 19.4 Å².